The van der Waals surface area contributed by atoms with Crippen LogP contribution in [0.1, 0.15) is 26.3 Å². The van der Waals surface area contributed by atoms with Gasteiger partial charge in [-0.05, 0) is 30.3 Å². The van der Waals surface area contributed by atoms with Gasteiger partial charge >= 0.3 is 0 Å². The molecule has 1 atom stereocenters. The molecule has 1 aromatic carbocycles. The van der Waals surface area contributed by atoms with E-state index in [1.807, 2.05) is 30.3 Å². The van der Waals surface area contributed by atoms with Crippen molar-refractivity contribution in [1.82, 2.24) is 0 Å². The van der Waals surface area contributed by atoms with Crippen LogP contribution >= 0.6 is 0 Å². The van der Waals surface area contributed by atoms with Crippen molar-refractivity contribution >= 4 is 14.2 Å². The van der Waals surface area contributed by atoms with Crippen LogP contribution in [0.25, 0.3) is 0 Å². The molecule has 1 aliphatic heterocycles. The Kier molecular flexibility index (Phi) is 4.80. The summed E-state index contributed by atoms with van der Waals surface area (Å²) in [5, 5.41) is 9.96. The number of aliphatic hydroxyl groups is 1. The van der Waals surface area contributed by atoms with Gasteiger partial charge in [-0.3, -0.25) is 0 Å². The van der Waals surface area contributed by atoms with E-state index < -0.39 is 13.9 Å². The van der Waals surface area contributed by atoms with Gasteiger partial charge in [0.2, 0.25) is 5.90 Å². The lowest BCUT2D eigenvalue weighted by Crippen LogP contribution is -2.47. The van der Waals surface area contributed by atoms with Gasteiger partial charge in [0.05, 0.1) is 13.2 Å². The highest BCUT2D eigenvalue weighted by Crippen LogP contribution is 2.37. The Balaban J connectivity index is 2.13. The second-order valence-electron chi connectivity index (χ2n) is 7.50. The second-order valence-corrected chi connectivity index (χ2v) is 12.3. The average molecular weight is 321 g/mol. The van der Waals surface area contributed by atoms with Crippen LogP contribution in [0.5, 0.6) is 0 Å². The second kappa shape index (κ2) is 6.14. The van der Waals surface area contributed by atoms with Gasteiger partial charge in [0.15, 0.2) is 8.32 Å². The minimum absolute atomic E-state index is 0.0715. The Morgan fingerprint density at radius 1 is 1.27 bits per heavy atom. The predicted molar refractivity (Wildman–Crippen MR) is 91.9 cm³/mol. The normalized spacial score (nSPS) is 22.4. The van der Waals surface area contributed by atoms with Crippen molar-refractivity contribution in [2.75, 3.05) is 19.8 Å². The summed E-state index contributed by atoms with van der Waals surface area (Å²) >= 11 is 0. The highest BCUT2D eigenvalue weighted by Gasteiger charge is 2.43. The van der Waals surface area contributed by atoms with Crippen molar-refractivity contribution in [3.8, 4) is 0 Å². The largest absolute Gasteiger partial charge is 0.475 e. The van der Waals surface area contributed by atoms with Crippen molar-refractivity contribution < 1.29 is 14.3 Å². The number of ether oxygens (including phenoxy) is 1. The zero-order chi connectivity index (χ0) is 16.4. The molecule has 0 saturated heterocycles. The number of rotatable bonds is 5. The van der Waals surface area contributed by atoms with Crippen LogP contribution in [0.4, 0.5) is 0 Å². The van der Waals surface area contributed by atoms with E-state index in [1.165, 1.54) is 0 Å². The van der Waals surface area contributed by atoms with Crippen LogP contribution < -0.4 is 0 Å². The Labute approximate surface area is 134 Å². The van der Waals surface area contributed by atoms with Gasteiger partial charge in [0, 0.05) is 5.56 Å². The van der Waals surface area contributed by atoms with Gasteiger partial charge in [-0.1, -0.05) is 39.0 Å². The van der Waals surface area contributed by atoms with Crippen LogP contribution in [0.3, 0.4) is 0 Å². The van der Waals surface area contributed by atoms with E-state index in [2.05, 4.69) is 38.9 Å². The first-order chi connectivity index (χ1) is 10.2. The number of nitrogens with zero attached hydrogens (tertiary/aromatic N) is 1. The van der Waals surface area contributed by atoms with Crippen LogP contribution in [0.15, 0.2) is 35.3 Å². The predicted octanol–water partition coefficient (Wildman–Crippen LogP) is 3.22. The standard InChI is InChI=1S/C17H27NO3Si/c1-16(2,3)22(4,5)21-13-17(11-19)12-20-15(18-17)14-9-7-6-8-10-14/h6-10,19H,11-13H2,1-5H3/t17-/m0/s1. The zero-order valence-electron chi connectivity index (χ0n) is 14.2. The van der Waals surface area contributed by atoms with E-state index in [1.54, 1.807) is 0 Å². The Morgan fingerprint density at radius 3 is 2.45 bits per heavy atom. The summed E-state index contributed by atoms with van der Waals surface area (Å²) in [5.74, 6) is 0.591. The monoisotopic (exact) mass is 321 g/mol. The maximum atomic E-state index is 9.83. The van der Waals surface area contributed by atoms with E-state index in [-0.39, 0.29) is 11.6 Å². The lowest BCUT2D eigenvalue weighted by molar-refractivity contribution is 0.101. The average Bonchev–Trinajstić information content (AvgIpc) is 2.90. The smallest absolute Gasteiger partial charge is 0.217 e. The van der Waals surface area contributed by atoms with Gasteiger partial charge in [0.25, 0.3) is 0 Å². The highest BCUT2D eigenvalue weighted by molar-refractivity contribution is 6.74. The molecule has 5 heteroatoms. The molecule has 0 radical (unpaired) electrons. The minimum Gasteiger partial charge on any atom is -0.475 e. The number of aliphatic hydroxyl groups excluding tert-OH is 1. The SMILES string of the molecule is CC(C)(C)[Si](C)(C)OC[C@]1(CO)COC(c2ccccc2)=N1. The van der Waals surface area contributed by atoms with Crippen LogP contribution in [-0.2, 0) is 9.16 Å². The molecule has 0 bridgehead atoms. The van der Waals surface area contributed by atoms with Crippen molar-refractivity contribution in [3.63, 3.8) is 0 Å². The van der Waals surface area contributed by atoms with E-state index in [4.69, 9.17) is 9.16 Å². The van der Waals surface area contributed by atoms with Crippen LogP contribution in [0, 0.1) is 0 Å². The van der Waals surface area contributed by atoms with Gasteiger partial charge in [0.1, 0.15) is 12.1 Å². The van der Waals surface area contributed by atoms with Crippen molar-refractivity contribution in [3.05, 3.63) is 35.9 Å². The fraction of sp³-hybridized carbons (Fsp3) is 0.588. The summed E-state index contributed by atoms with van der Waals surface area (Å²) in [6.07, 6.45) is 0. The molecule has 4 nitrogen and oxygen atoms in total. The maximum absolute atomic E-state index is 9.83. The molecule has 122 valence electrons. The summed E-state index contributed by atoms with van der Waals surface area (Å²) in [5.41, 5.74) is 0.255. The van der Waals surface area contributed by atoms with Crippen LogP contribution in [0.2, 0.25) is 18.1 Å². The Bertz CT molecular complexity index is 537. The number of hydrogen-bond donors (Lipinski definition) is 1. The third-order valence-electron chi connectivity index (χ3n) is 4.64. The van der Waals surface area contributed by atoms with E-state index in [9.17, 15) is 5.11 Å². The molecule has 0 saturated carbocycles. The molecule has 1 heterocycles. The summed E-state index contributed by atoms with van der Waals surface area (Å²) in [7, 11) is -1.87. The molecule has 0 unspecified atom stereocenters. The van der Waals surface area contributed by atoms with Crippen molar-refractivity contribution in [2.45, 2.75) is 44.4 Å². The molecular formula is C17H27NO3Si. The number of benzene rings is 1. The molecule has 0 amide bonds. The van der Waals surface area contributed by atoms with Gasteiger partial charge in [-0.25, -0.2) is 4.99 Å². The van der Waals surface area contributed by atoms with E-state index >= 15 is 0 Å². The zero-order valence-corrected chi connectivity index (χ0v) is 15.2. The van der Waals surface area contributed by atoms with Gasteiger partial charge < -0.3 is 14.3 Å². The molecule has 0 aliphatic carbocycles. The van der Waals surface area contributed by atoms with Gasteiger partial charge in [-0.15, -0.1) is 0 Å². The summed E-state index contributed by atoms with van der Waals surface area (Å²) in [6.45, 7) is 11.7. The maximum Gasteiger partial charge on any atom is 0.217 e. The first-order valence-electron chi connectivity index (χ1n) is 7.72. The quantitative estimate of drug-likeness (QED) is 0.847. The summed E-state index contributed by atoms with van der Waals surface area (Å²) < 4.78 is 12.0. The molecule has 1 aliphatic rings. The van der Waals surface area contributed by atoms with E-state index in [0.717, 1.165) is 5.56 Å². The molecule has 22 heavy (non-hydrogen) atoms. The van der Waals surface area contributed by atoms with Crippen molar-refractivity contribution in [2.24, 2.45) is 4.99 Å². The fourth-order valence-electron chi connectivity index (χ4n) is 1.94. The first-order valence-corrected chi connectivity index (χ1v) is 10.6. The molecular weight excluding hydrogens is 294 g/mol. The topological polar surface area (TPSA) is 51.0 Å². The molecule has 0 fully saturated rings. The number of aliphatic imine (C=N–C) groups is 1. The van der Waals surface area contributed by atoms with Crippen LogP contribution in [-0.4, -0.2) is 44.7 Å². The number of hydrogen-bond acceptors (Lipinski definition) is 4. The third kappa shape index (κ3) is 3.59. The molecule has 2 rings (SSSR count). The van der Waals surface area contributed by atoms with Gasteiger partial charge in [-0.2, -0.15) is 0 Å². The molecule has 1 aromatic rings. The lowest BCUT2D eigenvalue weighted by Gasteiger charge is -2.38. The summed E-state index contributed by atoms with van der Waals surface area (Å²) in [6, 6.07) is 9.78. The summed E-state index contributed by atoms with van der Waals surface area (Å²) in [4.78, 5) is 4.64. The highest BCUT2D eigenvalue weighted by atomic mass is 28.4. The Morgan fingerprint density at radius 2 is 1.91 bits per heavy atom. The third-order valence-corrected chi connectivity index (χ3v) is 9.12. The van der Waals surface area contributed by atoms with Crippen molar-refractivity contribution in [1.29, 1.82) is 0 Å². The minimum atomic E-state index is -1.87. The fourth-order valence-corrected chi connectivity index (χ4v) is 3.01. The first kappa shape index (κ1) is 17.2. The molecule has 0 spiro atoms. The molecule has 1 N–H and O–H groups in total. The molecule has 0 aromatic heterocycles. The lowest BCUT2D eigenvalue weighted by atomic mass is 10.1. The van der Waals surface area contributed by atoms with E-state index in [0.29, 0.717) is 19.1 Å². The Hall–Kier alpha value is -1.17.